The number of nitrogens with zero attached hydrogens (tertiary/aromatic N) is 1. The Hall–Kier alpha value is -2.92. The number of benzene rings is 2. The zero-order valence-corrected chi connectivity index (χ0v) is 16.8. The highest BCUT2D eigenvalue weighted by molar-refractivity contribution is 7.10. The summed E-state index contributed by atoms with van der Waals surface area (Å²) in [7, 11) is 0. The number of aryl methyl sites for hydroxylation is 2. The van der Waals surface area contributed by atoms with Crippen LogP contribution >= 0.6 is 11.3 Å². The summed E-state index contributed by atoms with van der Waals surface area (Å²) < 4.78 is 0. The summed E-state index contributed by atoms with van der Waals surface area (Å²) in [6, 6.07) is 17.3. The molecule has 4 nitrogen and oxygen atoms in total. The van der Waals surface area contributed by atoms with Crippen molar-refractivity contribution < 1.29 is 9.59 Å². The maximum absolute atomic E-state index is 13.0. The van der Waals surface area contributed by atoms with E-state index in [0.717, 1.165) is 32.8 Å². The average Bonchev–Trinajstić information content (AvgIpc) is 3.31. The highest BCUT2D eigenvalue weighted by Crippen LogP contribution is 2.35. The van der Waals surface area contributed by atoms with Crippen LogP contribution in [0.15, 0.2) is 60.0 Å². The zero-order chi connectivity index (χ0) is 19.7. The molecule has 2 heterocycles. The van der Waals surface area contributed by atoms with Crippen molar-refractivity contribution in [2.45, 2.75) is 32.9 Å². The molecule has 4 rings (SSSR count). The van der Waals surface area contributed by atoms with Gasteiger partial charge in [-0.2, -0.15) is 0 Å². The summed E-state index contributed by atoms with van der Waals surface area (Å²) in [6.45, 7) is 4.55. The van der Waals surface area contributed by atoms with Crippen molar-refractivity contribution in [1.29, 1.82) is 0 Å². The fraction of sp³-hybridized carbons (Fsp3) is 0.217. The van der Waals surface area contributed by atoms with Crippen molar-refractivity contribution in [2.75, 3.05) is 5.32 Å². The number of carbonyl (C=O) groups is 2. The molecule has 0 fully saturated rings. The first kappa shape index (κ1) is 18.4. The van der Waals surface area contributed by atoms with Crippen LogP contribution in [0.5, 0.6) is 0 Å². The molecule has 0 radical (unpaired) electrons. The number of nitrogens with one attached hydrogen (secondary N) is 1. The van der Waals surface area contributed by atoms with Gasteiger partial charge >= 0.3 is 0 Å². The van der Waals surface area contributed by atoms with E-state index >= 15 is 0 Å². The molecule has 2 aromatic carbocycles. The van der Waals surface area contributed by atoms with Gasteiger partial charge in [0.05, 0.1) is 12.5 Å². The van der Waals surface area contributed by atoms with Gasteiger partial charge in [-0.3, -0.25) is 9.59 Å². The number of rotatable bonds is 5. The molecule has 0 aliphatic carbocycles. The number of hydrogen-bond donors (Lipinski definition) is 1. The Morgan fingerprint density at radius 2 is 1.96 bits per heavy atom. The monoisotopic (exact) mass is 390 g/mol. The molecule has 142 valence electrons. The first-order valence-corrected chi connectivity index (χ1v) is 10.2. The predicted molar refractivity (Wildman–Crippen MR) is 113 cm³/mol. The average molecular weight is 391 g/mol. The Morgan fingerprint density at radius 1 is 1.14 bits per heavy atom. The van der Waals surface area contributed by atoms with Gasteiger partial charge < -0.3 is 10.2 Å². The molecule has 1 N–H and O–H groups in total. The van der Waals surface area contributed by atoms with Gasteiger partial charge in [0.25, 0.3) is 5.91 Å². The third kappa shape index (κ3) is 3.58. The molecule has 0 spiro atoms. The second-order valence-electron chi connectivity index (χ2n) is 7.19. The van der Waals surface area contributed by atoms with Crippen LogP contribution in [-0.4, -0.2) is 16.7 Å². The van der Waals surface area contributed by atoms with Crippen molar-refractivity contribution in [3.05, 3.63) is 87.1 Å². The first-order valence-electron chi connectivity index (χ1n) is 9.32. The van der Waals surface area contributed by atoms with Gasteiger partial charge in [0.1, 0.15) is 0 Å². The number of thiophene rings is 1. The summed E-state index contributed by atoms with van der Waals surface area (Å²) in [5.41, 5.74) is 4.76. The number of amides is 2. The Balaban J connectivity index is 1.56. The van der Waals surface area contributed by atoms with Crippen molar-refractivity contribution in [3.63, 3.8) is 0 Å². The summed E-state index contributed by atoms with van der Waals surface area (Å²) in [5.74, 6) is -0.0950. The quantitative estimate of drug-likeness (QED) is 0.660. The molecule has 1 aliphatic heterocycles. The summed E-state index contributed by atoms with van der Waals surface area (Å²) in [6.07, 6.45) is 0.230. The van der Waals surface area contributed by atoms with E-state index in [1.54, 1.807) is 11.3 Å². The number of carbonyl (C=O) groups excluding carboxylic acids is 2. The summed E-state index contributed by atoms with van der Waals surface area (Å²) >= 11 is 1.58. The minimum atomic E-state index is -0.273. The van der Waals surface area contributed by atoms with Crippen LogP contribution < -0.4 is 5.32 Å². The second-order valence-corrected chi connectivity index (χ2v) is 8.17. The smallest absolute Gasteiger partial charge is 0.255 e. The lowest BCUT2D eigenvalue weighted by atomic mass is 10.1. The van der Waals surface area contributed by atoms with Crippen molar-refractivity contribution in [1.82, 2.24) is 4.90 Å². The number of anilines is 1. The van der Waals surface area contributed by atoms with Crippen LogP contribution in [0.1, 0.15) is 44.4 Å². The Morgan fingerprint density at radius 3 is 2.68 bits per heavy atom. The maximum Gasteiger partial charge on any atom is 0.255 e. The fourth-order valence-electron chi connectivity index (χ4n) is 3.70. The molecule has 0 unspecified atom stereocenters. The summed E-state index contributed by atoms with van der Waals surface area (Å²) in [5, 5.41) is 5.00. The second kappa shape index (κ2) is 7.60. The third-order valence-electron chi connectivity index (χ3n) is 5.13. The van der Waals surface area contributed by atoms with Gasteiger partial charge in [0.15, 0.2) is 0 Å². The molecule has 0 bridgehead atoms. The highest BCUT2D eigenvalue weighted by Gasteiger charge is 2.34. The fourth-order valence-corrected chi connectivity index (χ4v) is 4.54. The molecule has 1 aromatic heterocycles. The summed E-state index contributed by atoms with van der Waals surface area (Å²) in [4.78, 5) is 28.7. The zero-order valence-electron chi connectivity index (χ0n) is 15.9. The predicted octanol–water partition coefficient (Wildman–Crippen LogP) is 5.09. The highest BCUT2D eigenvalue weighted by atomic mass is 32.1. The lowest BCUT2D eigenvalue weighted by Gasteiger charge is -2.27. The molecule has 2 amide bonds. The van der Waals surface area contributed by atoms with Crippen LogP contribution in [0.25, 0.3) is 0 Å². The van der Waals surface area contributed by atoms with Gasteiger partial charge in [-0.25, -0.2) is 0 Å². The third-order valence-corrected chi connectivity index (χ3v) is 6.11. The number of hydrogen-bond acceptors (Lipinski definition) is 3. The molecule has 0 saturated heterocycles. The van der Waals surface area contributed by atoms with E-state index in [2.05, 4.69) is 5.32 Å². The Bertz CT molecular complexity index is 1030. The lowest BCUT2D eigenvalue weighted by molar-refractivity contribution is -0.117. The molecule has 3 aromatic rings. The molecular weight excluding hydrogens is 368 g/mol. The molecule has 5 heteroatoms. The molecule has 28 heavy (non-hydrogen) atoms. The van der Waals surface area contributed by atoms with Gasteiger partial charge in [-0.05, 0) is 48.6 Å². The molecule has 1 atom stereocenters. The van der Waals surface area contributed by atoms with Gasteiger partial charge in [-0.1, -0.05) is 42.0 Å². The normalized spacial score (nSPS) is 14.1. The Kier molecular flexibility index (Phi) is 5.01. The van der Waals surface area contributed by atoms with E-state index in [4.69, 9.17) is 0 Å². The standard InChI is InChI=1S/C23H22N2O2S/c1-15-9-10-19(16(2)12-15)24-22(26)13-20(21-8-5-11-28-21)25-14-17-6-3-4-7-18(17)23(25)27/h3-12,20H,13-14H2,1-2H3,(H,24,26)/t20-/m0/s1. The van der Waals surface area contributed by atoms with Crippen molar-refractivity contribution >= 4 is 28.8 Å². The Labute approximate surface area is 168 Å². The molecular formula is C23H22N2O2S. The van der Waals surface area contributed by atoms with Gasteiger partial charge in [-0.15, -0.1) is 11.3 Å². The number of fused-ring (bicyclic) bond motifs is 1. The van der Waals surface area contributed by atoms with E-state index in [1.165, 1.54) is 0 Å². The van der Waals surface area contributed by atoms with Crippen LogP contribution in [0.2, 0.25) is 0 Å². The SMILES string of the molecule is Cc1ccc(NC(=O)C[C@@H](c2cccs2)N2Cc3ccccc3C2=O)c(C)c1. The minimum Gasteiger partial charge on any atom is -0.326 e. The van der Waals surface area contributed by atoms with Crippen molar-refractivity contribution in [3.8, 4) is 0 Å². The lowest BCUT2D eigenvalue weighted by Crippen LogP contribution is -2.31. The maximum atomic E-state index is 13.0. The van der Waals surface area contributed by atoms with E-state index in [9.17, 15) is 9.59 Å². The largest absolute Gasteiger partial charge is 0.326 e. The van der Waals surface area contributed by atoms with Crippen LogP contribution in [-0.2, 0) is 11.3 Å². The molecule has 0 saturated carbocycles. The first-order chi connectivity index (χ1) is 13.5. The van der Waals surface area contributed by atoms with Crippen molar-refractivity contribution in [2.24, 2.45) is 0 Å². The van der Waals surface area contributed by atoms with Crippen LogP contribution in [0, 0.1) is 13.8 Å². The van der Waals surface area contributed by atoms with E-state index in [-0.39, 0.29) is 24.3 Å². The van der Waals surface area contributed by atoms with E-state index in [1.807, 2.05) is 78.7 Å². The van der Waals surface area contributed by atoms with E-state index in [0.29, 0.717) is 6.54 Å². The van der Waals surface area contributed by atoms with E-state index < -0.39 is 0 Å². The topological polar surface area (TPSA) is 49.4 Å². The minimum absolute atomic E-state index is 0.00619. The molecule has 1 aliphatic rings. The van der Waals surface area contributed by atoms with Gasteiger partial charge in [0.2, 0.25) is 5.91 Å². The van der Waals surface area contributed by atoms with Crippen LogP contribution in [0.3, 0.4) is 0 Å². The van der Waals surface area contributed by atoms with Gasteiger partial charge in [0, 0.05) is 22.7 Å². The van der Waals surface area contributed by atoms with Crippen LogP contribution in [0.4, 0.5) is 5.69 Å².